The van der Waals surface area contributed by atoms with Gasteiger partial charge < -0.3 is 14.8 Å². The molecular weight excluding hydrogens is 262 g/mol. The Morgan fingerprint density at radius 3 is 2.62 bits per heavy atom. The summed E-state index contributed by atoms with van der Waals surface area (Å²) in [6.45, 7) is 3.16. The molecule has 2 aliphatic rings. The molecule has 2 fully saturated rings. The van der Waals surface area contributed by atoms with Gasteiger partial charge in [-0.15, -0.1) is 0 Å². The summed E-state index contributed by atoms with van der Waals surface area (Å²) < 4.78 is 11.6. The Balaban J connectivity index is 1.48. The van der Waals surface area contributed by atoms with Crippen LogP contribution >= 0.6 is 0 Å². The molecule has 2 atom stereocenters. The lowest BCUT2D eigenvalue weighted by atomic mass is 9.98. The van der Waals surface area contributed by atoms with Crippen LogP contribution in [0.5, 0.6) is 5.75 Å². The molecule has 1 aliphatic heterocycles. The molecule has 21 heavy (non-hydrogen) atoms. The fraction of sp³-hybridized carbons (Fsp3) is 0.667. The third kappa shape index (κ3) is 3.41. The van der Waals surface area contributed by atoms with E-state index < -0.39 is 0 Å². The third-order valence-corrected chi connectivity index (χ3v) is 5.12. The molecule has 3 rings (SSSR count). The Morgan fingerprint density at radius 2 is 1.95 bits per heavy atom. The molecule has 1 heterocycles. The first-order valence-electron chi connectivity index (χ1n) is 8.26. The third-order valence-electron chi connectivity index (χ3n) is 5.12. The zero-order chi connectivity index (χ0) is 14.7. The van der Waals surface area contributed by atoms with Crippen molar-refractivity contribution in [3.63, 3.8) is 0 Å². The molecule has 1 saturated heterocycles. The van der Waals surface area contributed by atoms with Gasteiger partial charge in [-0.3, -0.25) is 0 Å². The van der Waals surface area contributed by atoms with Crippen molar-refractivity contribution in [2.24, 2.45) is 0 Å². The SMILES string of the molecule is COc1ccc([C@H](C)NCC2CCC3(CCCC3)O2)cc1. The van der Waals surface area contributed by atoms with Crippen LogP contribution in [0.3, 0.4) is 0 Å². The second-order valence-corrected chi connectivity index (χ2v) is 6.57. The molecule has 1 aliphatic carbocycles. The van der Waals surface area contributed by atoms with Gasteiger partial charge in [-0.1, -0.05) is 25.0 Å². The molecular formula is C18H27NO2. The fourth-order valence-electron chi connectivity index (χ4n) is 3.75. The number of benzene rings is 1. The molecule has 116 valence electrons. The van der Waals surface area contributed by atoms with Crippen molar-refractivity contribution in [2.75, 3.05) is 13.7 Å². The molecule has 0 bridgehead atoms. The van der Waals surface area contributed by atoms with E-state index in [1.54, 1.807) is 7.11 Å². The monoisotopic (exact) mass is 289 g/mol. The summed E-state index contributed by atoms with van der Waals surface area (Å²) in [5.74, 6) is 0.910. The van der Waals surface area contributed by atoms with E-state index >= 15 is 0 Å². The van der Waals surface area contributed by atoms with Gasteiger partial charge in [0, 0.05) is 12.6 Å². The van der Waals surface area contributed by atoms with Crippen molar-refractivity contribution in [1.29, 1.82) is 0 Å². The van der Waals surface area contributed by atoms with E-state index in [1.165, 1.54) is 44.1 Å². The number of ether oxygens (including phenoxy) is 2. The first kappa shape index (κ1) is 14.9. The summed E-state index contributed by atoms with van der Waals surface area (Å²) >= 11 is 0. The maximum atomic E-state index is 6.35. The van der Waals surface area contributed by atoms with Crippen LogP contribution in [0.1, 0.15) is 57.1 Å². The Hall–Kier alpha value is -1.06. The van der Waals surface area contributed by atoms with Crippen LogP contribution in [0.2, 0.25) is 0 Å². The number of hydrogen-bond donors (Lipinski definition) is 1. The largest absolute Gasteiger partial charge is 0.497 e. The van der Waals surface area contributed by atoms with Gasteiger partial charge in [0.1, 0.15) is 5.75 Å². The molecule has 1 saturated carbocycles. The molecule has 3 heteroatoms. The maximum absolute atomic E-state index is 6.35. The van der Waals surface area contributed by atoms with Gasteiger partial charge in [0.2, 0.25) is 0 Å². The summed E-state index contributed by atoms with van der Waals surface area (Å²) in [6, 6.07) is 8.65. The average molecular weight is 289 g/mol. The molecule has 1 unspecified atom stereocenters. The summed E-state index contributed by atoms with van der Waals surface area (Å²) in [5, 5.41) is 3.62. The molecule has 0 aromatic heterocycles. The topological polar surface area (TPSA) is 30.5 Å². The Kier molecular flexibility index (Phi) is 4.51. The molecule has 1 spiro atoms. The fourth-order valence-corrected chi connectivity index (χ4v) is 3.75. The van der Waals surface area contributed by atoms with Crippen LogP contribution in [-0.4, -0.2) is 25.4 Å². The molecule has 1 aromatic carbocycles. The first-order chi connectivity index (χ1) is 10.2. The van der Waals surface area contributed by atoms with Crippen LogP contribution in [0.15, 0.2) is 24.3 Å². The zero-order valence-corrected chi connectivity index (χ0v) is 13.2. The van der Waals surface area contributed by atoms with Gasteiger partial charge >= 0.3 is 0 Å². The molecule has 1 aromatic rings. The van der Waals surface area contributed by atoms with Crippen LogP contribution < -0.4 is 10.1 Å². The van der Waals surface area contributed by atoms with E-state index in [1.807, 2.05) is 12.1 Å². The van der Waals surface area contributed by atoms with Crippen molar-refractivity contribution in [3.05, 3.63) is 29.8 Å². The van der Waals surface area contributed by atoms with Gasteiger partial charge in [-0.05, 0) is 50.3 Å². The highest BCUT2D eigenvalue weighted by Gasteiger charge is 2.41. The van der Waals surface area contributed by atoms with Gasteiger partial charge in [0.15, 0.2) is 0 Å². The van der Waals surface area contributed by atoms with E-state index in [9.17, 15) is 0 Å². The summed E-state index contributed by atoms with van der Waals surface area (Å²) in [6.07, 6.45) is 8.11. The van der Waals surface area contributed by atoms with E-state index in [-0.39, 0.29) is 5.60 Å². The number of hydrogen-bond acceptors (Lipinski definition) is 3. The molecule has 0 amide bonds. The van der Waals surface area contributed by atoms with Crippen molar-refractivity contribution >= 4 is 0 Å². The average Bonchev–Trinajstić information content (AvgIpc) is 3.15. The van der Waals surface area contributed by atoms with Crippen LogP contribution in [0.25, 0.3) is 0 Å². The molecule has 3 nitrogen and oxygen atoms in total. The minimum Gasteiger partial charge on any atom is -0.497 e. The smallest absolute Gasteiger partial charge is 0.118 e. The Labute approximate surface area is 128 Å². The summed E-state index contributed by atoms with van der Waals surface area (Å²) in [4.78, 5) is 0. The van der Waals surface area contributed by atoms with Gasteiger partial charge in [0.25, 0.3) is 0 Å². The number of rotatable bonds is 5. The minimum absolute atomic E-state index is 0.246. The van der Waals surface area contributed by atoms with Gasteiger partial charge in [0.05, 0.1) is 18.8 Å². The van der Waals surface area contributed by atoms with E-state index in [4.69, 9.17) is 9.47 Å². The lowest BCUT2D eigenvalue weighted by molar-refractivity contribution is -0.0357. The number of methoxy groups -OCH3 is 1. The number of nitrogens with one attached hydrogen (secondary N) is 1. The van der Waals surface area contributed by atoms with Crippen molar-refractivity contribution < 1.29 is 9.47 Å². The lowest BCUT2D eigenvalue weighted by Gasteiger charge is -2.24. The standard InChI is InChI=1S/C18H27NO2/c1-14(15-5-7-16(20-2)8-6-15)19-13-17-9-12-18(21-17)10-3-4-11-18/h5-8,14,17,19H,3-4,9-13H2,1-2H3/t14-,17?/m0/s1. The summed E-state index contributed by atoms with van der Waals surface area (Å²) in [7, 11) is 1.70. The van der Waals surface area contributed by atoms with Crippen molar-refractivity contribution in [2.45, 2.75) is 63.2 Å². The molecule has 0 radical (unpaired) electrons. The summed E-state index contributed by atoms with van der Waals surface area (Å²) in [5.41, 5.74) is 1.54. The van der Waals surface area contributed by atoms with Crippen molar-refractivity contribution in [1.82, 2.24) is 5.32 Å². The highest BCUT2D eigenvalue weighted by atomic mass is 16.5. The second-order valence-electron chi connectivity index (χ2n) is 6.57. The Bertz CT molecular complexity index is 451. The van der Waals surface area contributed by atoms with Crippen molar-refractivity contribution in [3.8, 4) is 5.75 Å². The van der Waals surface area contributed by atoms with E-state index in [0.29, 0.717) is 12.1 Å². The highest BCUT2D eigenvalue weighted by molar-refractivity contribution is 5.28. The Morgan fingerprint density at radius 1 is 1.24 bits per heavy atom. The second kappa shape index (κ2) is 6.37. The normalized spacial score (nSPS) is 25.3. The van der Waals surface area contributed by atoms with Gasteiger partial charge in [-0.2, -0.15) is 0 Å². The first-order valence-corrected chi connectivity index (χ1v) is 8.26. The maximum Gasteiger partial charge on any atom is 0.118 e. The molecule has 1 N–H and O–H groups in total. The predicted molar refractivity (Wildman–Crippen MR) is 84.7 cm³/mol. The van der Waals surface area contributed by atoms with Crippen LogP contribution in [0.4, 0.5) is 0 Å². The zero-order valence-electron chi connectivity index (χ0n) is 13.2. The van der Waals surface area contributed by atoms with Crippen LogP contribution in [-0.2, 0) is 4.74 Å². The van der Waals surface area contributed by atoms with E-state index in [0.717, 1.165) is 12.3 Å². The van der Waals surface area contributed by atoms with E-state index in [2.05, 4.69) is 24.4 Å². The highest BCUT2D eigenvalue weighted by Crippen LogP contribution is 2.43. The predicted octanol–water partition coefficient (Wildman–Crippen LogP) is 3.84. The lowest BCUT2D eigenvalue weighted by Crippen LogP contribution is -2.32. The van der Waals surface area contributed by atoms with Gasteiger partial charge in [-0.25, -0.2) is 0 Å². The quantitative estimate of drug-likeness (QED) is 0.893. The minimum atomic E-state index is 0.246. The van der Waals surface area contributed by atoms with Crippen LogP contribution in [0, 0.1) is 0 Å².